The zero-order chi connectivity index (χ0) is 16.6. The molecule has 2 aromatic carbocycles. The van der Waals surface area contributed by atoms with Crippen LogP contribution in [0.25, 0.3) is 0 Å². The predicted octanol–water partition coefficient (Wildman–Crippen LogP) is 4.37. The summed E-state index contributed by atoms with van der Waals surface area (Å²) in [6, 6.07) is 18.1. The molecule has 0 saturated heterocycles. The van der Waals surface area contributed by atoms with Crippen LogP contribution in [-0.2, 0) is 6.42 Å². The molecule has 3 nitrogen and oxygen atoms in total. The molecule has 0 bridgehead atoms. The monoisotopic (exact) mass is 323 g/mol. The topological polar surface area (TPSA) is 38.3 Å². The maximum Gasteiger partial charge on any atom is 0.251 e. The Bertz CT molecular complexity index is 631. The fourth-order valence-corrected chi connectivity index (χ4v) is 3.15. The van der Waals surface area contributed by atoms with Gasteiger partial charge in [0.15, 0.2) is 0 Å². The number of amides is 1. The zero-order valence-corrected chi connectivity index (χ0v) is 14.0. The largest absolute Gasteiger partial charge is 0.493 e. The smallest absolute Gasteiger partial charge is 0.251 e. The molecular formula is C21H25NO2. The van der Waals surface area contributed by atoms with Crippen LogP contribution in [0.15, 0.2) is 54.6 Å². The van der Waals surface area contributed by atoms with E-state index in [2.05, 4.69) is 17.4 Å². The molecule has 1 N–H and O–H groups in total. The van der Waals surface area contributed by atoms with E-state index in [1.807, 2.05) is 42.5 Å². The molecular weight excluding hydrogens is 298 g/mol. The Kier molecular flexibility index (Phi) is 5.89. The third-order valence-electron chi connectivity index (χ3n) is 4.56. The van der Waals surface area contributed by atoms with Crippen molar-refractivity contribution < 1.29 is 9.53 Å². The minimum Gasteiger partial charge on any atom is -0.493 e. The van der Waals surface area contributed by atoms with E-state index < -0.39 is 0 Å². The second kappa shape index (κ2) is 8.53. The lowest BCUT2D eigenvalue weighted by Gasteiger charge is -2.22. The van der Waals surface area contributed by atoms with Crippen LogP contribution in [0.2, 0.25) is 0 Å². The van der Waals surface area contributed by atoms with E-state index >= 15 is 0 Å². The lowest BCUT2D eigenvalue weighted by molar-refractivity contribution is 0.0927. The first kappa shape index (κ1) is 16.6. The zero-order valence-electron chi connectivity index (χ0n) is 14.0. The Balaban J connectivity index is 1.46. The lowest BCUT2D eigenvalue weighted by atomic mass is 9.95. The van der Waals surface area contributed by atoms with Gasteiger partial charge >= 0.3 is 0 Å². The number of rotatable bonds is 6. The summed E-state index contributed by atoms with van der Waals surface area (Å²) >= 11 is 0. The van der Waals surface area contributed by atoms with Gasteiger partial charge in [-0.15, -0.1) is 0 Å². The standard InChI is InChI=1S/C21H25NO2/c23-21(22-19-9-5-2-6-10-19)18-11-13-20(14-12-18)24-16-15-17-7-3-1-4-8-17/h1,3-4,7-8,11-14,19H,2,5-6,9-10,15-16H2,(H,22,23). The van der Waals surface area contributed by atoms with Crippen molar-refractivity contribution in [2.75, 3.05) is 6.61 Å². The summed E-state index contributed by atoms with van der Waals surface area (Å²) in [4.78, 5) is 12.3. The fraction of sp³-hybridized carbons (Fsp3) is 0.381. The highest BCUT2D eigenvalue weighted by molar-refractivity contribution is 5.94. The van der Waals surface area contributed by atoms with Gasteiger partial charge in [0.2, 0.25) is 0 Å². The molecule has 0 aliphatic heterocycles. The average molecular weight is 323 g/mol. The Morgan fingerprint density at radius 2 is 1.67 bits per heavy atom. The Hall–Kier alpha value is -2.29. The molecule has 0 radical (unpaired) electrons. The number of carbonyl (C=O) groups excluding carboxylic acids is 1. The minimum absolute atomic E-state index is 0.0257. The molecule has 1 amide bonds. The van der Waals surface area contributed by atoms with E-state index in [0.717, 1.165) is 25.0 Å². The van der Waals surface area contributed by atoms with Crippen LogP contribution < -0.4 is 10.1 Å². The van der Waals surface area contributed by atoms with E-state index in [0.29, 0.717) is 18.2 Å². The van der Waals surface area contributed by atoms with Crippen LogP contribution in [0.5, 0.6) is 5.75 Å². The summed E-state index contributed by atoms with van der Waals surface area (Å²) in [5.74, 6) is 0.831. The summed E-state index contributed by atoms with van der Waals surface area (Å²) in [6.45, 7) is 0.637. The number of hydrogen-bond acceptors (Lipinski definition) is 2. The number of benzene rings is 2. The van der Waals surface area contributed by atoms with Gasteiger partial charge in [-0.3, -0.25) is 4.79 Å². The van der Waals surface area contributed by atoms with Crippen molar-refractivity contribution in [2.24, 2.45) is 0 Å². The van der Waals surface area contributed by atoms with E-state index in [1.54, 1.807) is 0 Å². The Morgan fingerprint density at radius 1 is 0.958 bits per heavy atom. The molecule has 0 aromatic heterocycles. The van der Waals surface area contributed by atoms with Crippen LogP contribution in [0.3, 0.4) is 0 Å². The molecule has 3 heteroatoms. The van der Waals surface area contributed by atoms with Gasteiger partial charge in [-0.05, 0) is 42.7 Å². The highest BCUT2D eigenvalue weighted by Crippen LogP contribution is 2.18. The van der Waals surface area contributed by atoms with Crippen molar-refractivity contribution >= 4 is 5.91 Å². The maximum atomic E-state index is 12.3. The highest BCUT2D eigenvalue weighted by Gasteiger charge is 2.16. The minimum atomic E-state index is 0.0257. The Morgan fingerprint density at radius 3 is 2.38 bits per heavy atom. The summed E-state index contributed by atoms with van der Waals surface area (Å²) in [5.41, 5.74) is 1.97. The van der Waals surface area contributed by atoms with Crippen molar-refractivity contribution in [3.63, 3.8) is 0 Å². The van der Waals surface area contributed by atoms with E-state index in [1.165, 1.54) is 24.8 Å². The molecule has 1 fully saturated rings. The van der Waals surface area contributed by atoms with Gasteiger partial charge in [0.1, 0.15) is 5.75 Å². The first-order valence-corrected chi connectivity index (χ1v) is 8.89. The van der Waals surface area contributed by atoms with Gasteiger partial charge in [0.05, 0.1) is 6.61 Å². The molecule has 126 valence electrons. The Labute approximate surface area is 144 Å². The van der Waals surface area contributed by atoms with E-state index in [9.17, 15) is 4.79 Å². The normalized spacial score (nSPS) is 15.0. The first-order chi connectivity index (χ1) is 11.8. The van der Waals surface area contributed by atoms with Crippen LogP contribution >= 0.6 is 0 Å². The second-order valence-corrected chi connectivity index (χ2v) is 6.42. The van der Waals surface area contributed by atoms with Gasteiger partial charge in [-0.2, -0.15) is 0 Å². The van der Waals surface area contributed by atoms with Crippen molar-refractivity contribution in [1.82, 2.24) is 5.32 Å². The quantitative estimate of drug-likeness (QED) is 0.857. The van der Waals surface area contributed by atoms with Gasteiger partial charge in [-0.1, -0.05) is 49.6 Å². The highest BCUT2D eigenvalue weighted by atomic mass is 16.5. The summed E-state index contributed by atoms with van der Waals surface area (Å²) in [5, 5.41) is 3.14. The molecule has 24 heavy (non-hydrogen) atoms. The third-order valence-corrected chi connectivity index (χ3v) is 4.56. The molecule has 0 unspecified atom stereocenters. The van der Waals surface area contributed by atoms with E-state index in [-0.39, 0.29) is 5.91 Å². The van der Waals surface area contributed by atoms with Crippen molar-refractivity contribution in [3.8, 4) is 5.75 Å². The molecule has 0 heterocycles. The van der Waals surface area contributed by atoms with Crippen molar-refractivity contribution in [2.45, 2.75) is 44.6 Å². The molecule has 1 saturated carbocycles. The van der Waals surface area contributed by atoms with Crippen molar-refractivity contribution in [3.05, 3.63) is 65.7 Å². The average Bonchev–Trinajstić information content (AvgIpc) is 2.64. The molecule has 1 aliphatic rings. The number of nitrogens with one attached hydrogen (secondary N) is 1. The van der Waals surface area contributed by atoms with Gasteiger partial charge in [-0.25, -0.2) is 0 Å². The molecule has 0 atom stereocenters. The summed E-state index contributed by atoms with van der Waals surface area (Å²) in [7, 11) is 0. The number of carbonyl (C=O) groups is 1. The molecule has 0 spiro atoms. The van der Waals surface area contributed by atoms with Gasteiger partial charge in [0.25, 0.3) is 5.91 Å². The summed E-state index contributed by atoms with van der Waals surface area (Å²) in [6.07, 6.45) is 6.82. The van der Waals surface area contributed by atoms with Crippen LogP contribution in [0, 0.1) is 0 Å². The number of hydrogen-bond donors (Lipinski definition) is 1. The lowest BCUT2D eigenvalue weighted by Crippen LogP contribution is -2.36. The van der Waals surface area contributed by atoms with E-state index in [4.69, 9.17) is 4.74 Å². The molecule has 2 aromatic rings. The first-order valence-electron chi connectivity index (χ1n) is 8.89. The summed E-state index contributed by atoms with van der Waals surface area (Å²) < 4.78 is 5.76. The maximum absolute atomic E-state index is 12.3. The fourth-order valence-electron chi connectivity index (χ4n) is 3.15. The van der Waals surface area contributed by atoms with Gasteiger partial charge < -0.3 is 10.1 Å². The predicted molar refractivity (Wildman–Crippen MR) is 96.4 cm³/mol. The molecule has 1 aliphatic carbocycles. The third kappa shape index (κ3) is 4.85. The number of ether oxygens (including phenoxy) is 1. The van der Waals surface area contributed by atoms with Crippen molar-refractivity contribution in [1.29, 1.82) is 0 Å². The molecule has 3 rings (SSSR count). The SMILES string of the molecule is O=C(NC1CCCCC1)c1ccc(OCCc2ccccc2)cc1. The second-order valence-electron chi connectivity index (χ2n) is 6.42. The van der Waals surface area contributed by atoms with Gasteiger partial charge in [0, 0.05) is 18.0 Å². The van der Waals surface area contributed by atoms with Crippen LogP contribution in [0.1, 0.15) is 48.0 Å². The van der Waals surface area contributed by atoms with Crippen LogP contribution in [-0.4, -0.2) is 18.6 Å². The van der Waals surface area contributed by atoms with Crippen LogP contribution in [0.4, 0.5) is 0 Å².